The molecule has 0 aromatic rings. The summed E-state index contributed by atoms with van der Waals surface area (Å²) in [5.41, 5.74) is 0. The molecule has 2 rings (SSSR count). The zero-order valence-electron chi connectivity index (χ0n) is 9.95. The third-order valence-corrected chi connectivity index (χ3v) is 3.46. The van der Waals surface area contributed by atoms with E-state index in [1.54, 1.807) is 0 Å². The molecule has 5 heteroatoms. The fourth-order valence-corrected chi connectivity index (χ4v) is 2.35. The number of nitrogens with one attached hydrogen (secondary N) is 1. The molecule has 94 valence electrons. The van der Waals surface area contributed by atoms with Crippen LogP contribution < -0.4 is 5.32 Å². The third-order valence-electron chi connectivity index (χ3n) is 3.46. The highest BCUT2D eigenvalue weighted by molar-refractivity contribution is 5.85. The first-order chi connectivity index (χ1) is 7.27. The molecule has 0 saturated carbocycles. The van der Waals surface area contributed by atoms with Crippen LogP contribution in [0.15, 0.2) is 0 Å². The Hall–Kier alpha value is -0.320. The van der Waals surface area contributed by atoms with Crippen molar-refractivity contribution in [2.75, 3.05) is 46.3 Å². The van der Waals surface area contributed by atoms with Crippen LogP contribution in [-0.4, -0.2) is 62.0 Å². The van der Waals surface area contributed by atoms with Gasteiger partial charge in [-0.25, -0.2) is 0 Å². The van der Waals surface area contributed by atoms with E-state index < -0.39 is 0 Å². The van der Waals surface area contributed by atoms with E-state index in [4.69, 9.17) is 0 Å². The van der Waals surface area contributed by atoms with E-state index in [9.17, 15) is 4.79 Å². The lowest BCUT2D eigenvalue weighted by molar-refractivity contribution is -0.137. The molecular formula is C11H22ClN3O. The second-order valence-electron chi connectivity index (χ2n) is 4.67. The highest BCUT2D eigenvalue weighted by atomic mass is 35.5. The van der Waals surface area contributed by atoms with Gasteiger partial charge >= 0.3 is 0 Å². The summed E-state index contributed by atoms with van der Waals surface area (Å²) in [4.78, 5) is 16.4. The molecule has 0 spiro atoms. The van der Waals surface area contributed by atoms with Crippen molar-refractivity contribution < 1.29 is 4.79 Å². The maximum absolute atomic E-state index is 12.1. The number of hydrogen-bond donors (Lipinski definition) is 1. The molecule has 2 heterocycles. The first-order valence-electron chi connectivity index (χ1n) is 5.95. The standard InChI is InChI=1S/C11H21N3O.ClH/c1-13-5-7-14(8-6-13)11(15)10-3-2-4-12-9-10;/h10,12H,2-9H2,1H3;1H. The van der Waals surface area contributed by atoms with Crippen molar-refractivity contribution in [2.45, 2.75) is 12.8 Å². The summed E-state index contributed by atoms with van der Waals surface area (Å²) in [6.07, 6.45) is 2.21. The van der Waals surface area contributed by atoms with E-state index in [2.05, 4.69) is 17.3 Å². The van der Waals surface area contributed by atoms with Gasteiger partial charge in [0.15, 0.2) is 0 Å². The summed E-state index contributed by atoms with van der Waals surface area (Å²) in [7, 11) is 2.12. The minimum Gasteiger partial charge on any atom is -0.340 e. The van der Waals surface area contributed by atoms with E-state index in [1.165, 1.54) is 0 Å². The lowest BCUT2D eigenvalue weighted by Gasteiger charge is -2.35. The number of carbonyl (C=O) groups is 1. The molecule has 1 N–H and O–H groups in total. The van der Waals surface area contributed by atoms with Crippen LogP contribution in [0.25, 0.3) is 0 Å². The maximum atomic E-state index is 12.1. The van der Waals surface area contributed by atoms with Gasteiger partial charge in [0.2, 0.25) is 5.91 Å². The Morgan fingerprint density at radius 1 is 1.25 bits per heavy atom. The first-order valence-corrected chi connectivity index (χ1v) is 5.95. The summed E-state index contributed by atoms with van der Waals surface area (Å²) in [6, 6.07) is 0. The highest BCUT2D eigenvalue weighted by Gasteiger charge is 2.27. The molecule has 2 saturated heterocycles. The van der Waals surface area contributed by atoms with Crippen LogP contribution in [0.4, 0.5) is 0 Å². The molecule has 4 nitrogen and oxygen atoms in total. The van der Waals surface area contributed by atoms with Gasteiger partial charge in [0, 0.05) is 32.7 Å². The van der Waals surface area contributed by atoms with Gasteiger partial charge in [-0.05, 0) is 26.4 Å². The van der Waals surface area contributed by atoms with E-state index >= 15 is 0 Å². The lowest BCUT2D eigenvalue weighted by atomic mass is 9.98. The zero-order valence-corrected chi connectivity index (χ0v) is 10.8. The van der Waals surface area contributed by atoms with Crippen LogP contribution in [0.3, 0.4) is 0 Å². The Balaban J connectivity index is 0.00000128. The quantitative estimate of drug-likeness (QED) is 0.718. The first kappa shape index (κ1) is 13.7. The predicted octanol–water partition coefficient (Wildman–Crippen LogP) is 0.182. The maximum Gasteiger partial charge on any atom is 0.227 e. The van der Waals surface area contributed by atoms with E-state index in [0.29, 0.717) is 5.91 Å². The second kappa shape index (κ2) is 6.42. The Bertz CT molecular complexity index is 223. The molecule has 0 aromatic carbocycles. The number of piperidine rings is 1. The van der Waals surface area contributed by atoms with Crippen molar-refractivity contribution >= 4 is 18.3 Å². The summed E-state index contributed by atoms with van der Waals surface area (Å²) in [5.74, 6) is 0.609. The van der Waals surface area contributed by atoms with E-state index in [1.807, 2.05) is 4.90 Å². The van der Waals surface area contributed by atoms with Crippen molar-refractivity contribution in [3.05, 3.63) is 0 Å². The molecule has 0 bridgehead atoms. The highest BCUT2D eigenvalue weighted by Crippen LogP contribution is 2.14. The van der Waals surface area contributed by atoms with Gasteiger partial charge in [0.05, 0.1) is 5.92 Å². The van der Waals surface area contributed by atoms with Crippen molar-refractivity contribution in [1.29, 1.82) is 0 Å². The Morgan fingerprint density at radius 3 is 2.50 bits per heavy atom. The third kappa shape index (κ3) is 3.34. The molecule has 2 aliphatic rings. The minimum absolute atomic E-state index is 0. The smallest absolute Gasteiger partial charge is 0.227 e. The zero-order chi connectivity index (χ0) is 10.7. The number of halogens is 1. The molecule has 1 atom stereocenters. The molecule has 1 amide bonds. The summed E-state index contributed by atoms with van der Waals surface area (Å²) in [6.45, 7) is 5.81. The van der Waals surface area contributed by atoms with Crippen LogP contribution in [0, 0.1) is 5.92 Å². The Labute approximate surface area is 104 Å². The van der Waals surface area contributed by atoms with Crippen molar-refractivity contribution in [2.24, 2.45) is 5.92 Å². The number of nitrogens with zero attached hydrogens (tertiary/aromatic N) is 2. The topological polar surface area (TPSA) is 35.6 Å². The van der Waals surface area contributed by atoms with Crippen LogP contribution >= 0.6 is 12.4 Å². The van der Waals surface area contributed by atoms with Gasteiger partial charge in [0.25, 0.3) is 0 Å². The van der Waals surface area contributed by atoms with Gasteiger partial charge in [-0.3, -0.25) is 4.79 Å². The SMILES string of the molecule is CN1CCN(C(=O)C2CCCNC2)CC1.Cl. The number of rotatable bonds is 1. The minimum atomic E-state index is 0. The summed E-state index contributed by atoms with van der Waals surface area (Å²) in [5, 5.41) is 3.31. The predicted molar refractivity (Wildman–Crippen MR) is 66.9 cm³/mol. The van der Waals surface area contributed by atoms with Gasteiger partial charge in [-0.1, -0.05) is 0 Å². The van der Waals surface area contributed by atoms with Gasteiger partial charge in [-0.2, -0.15) is 0 Å². The van der Waals surface area contributed by atoms with Crippen molar-refractivity contribution in [3.63, 3.8) is 0 Å². The molecule has 0 aliphatic carbocycles. The number of carbonyl (C=O) groups excluding carboxylic acids is 1. The fourth-order valence-electron chi connectivity index (χ4n) is 2.35. The van der Waals surface area contributed by atoms with Gasteiger partial charge in [0.1, 0.15) is 0 Å². The monoisotopic (exact) mass is 247 g/mol. The molecule has 0 radical (unpaired) electrons. The lowest BCUT2D eigenvalue weighted by Crippen LogP contribution is -2.51. The molecule has 2 fully saturated rings. The van der Waals surface area contributed by atoms with Crippen LogP contribution in [0.2, 0.25) is 0 Å². The average molecular weight is 248 g/mol. The Morgan fingerprint density at radius 2 is 1.94 bits per heavy atom. The van der Waals surface area contributed by atoms with Crippen LogP contribution in [0.1, 0.15) is 12.8 Å². The Kier molecular flexibility index (Phi) is 5.52. The summed E-state index contributed by atoms with van der Waals surface area (Å²) >= 11 is 0. The van der Waals surface area contributed by atoms with E-state index in [0.717, 1.165) is 52.1 Å². The molecular weight excluding hydrogens is 226 g/mol. The van der Waals surface area contributed by atoms with Crippen molar-refractivity contribution in [1.82, 2.24) is 15.1 Å². The molecule has 0 aromatic heterocycles. The fraction of sp³-hybridized carbons (Fsp3) is 0.909. The molecule has 16 heavy (non-hydrogen) atoms. The van der Waals surface area contributed by atoms with Crippen LogP contribution in [0.5, 0.6) is 0 Å². The second-order valence-corrected chi connectivity index (χ2v) is 4.67. The van der Waals surface area contributed by atoms with Gasteiger partial charge < -0.3 is 15.1 Å². The normalized spacial score (nSPS) is 27.3. The van der Waals surface area contributed by atoms with Gasteiger partial charge in [-0.15, -0.1) is 12.4 Å². The number of amides is 1. The number of piperazine rings is 1. The largest absolute Gasteiger partial charge is 0.340 e. The van der Waals surface area contributed by atoms with E-state index in [-0.39, 0.29) is 18.3 Å². The van der Waals surface area contributed by atoms with Crippen LogP contribution in [-0.2, 0) is 4.79 Å². The number of likely N-dealkylation sites (N-methyl/N-ethyl adjacent to an activating group) is 1. The number of hydrogen-bond acceptors (Lipinski definition) is 3. The average Bonchev–Trinajstić information content (AvgIpc) is 2.30. The molecule has 1 unspecified atom stereocenters. The summed E-state index contributed by atoms with van der Waals surface area (Å²) < 4.78 is 0. The molecule has 2 aliphatic heterocycles. The van der Waals surface area contributed by atoms with Crippen molar-refractivity contribution in [3.8, 4) is 0 Å².